The Balaban J connectivity index is 2.03. The first-order valence-corrected chi connectivity index (χ1v) is 9.10. The number of carboxylic acids is 1. The fraction of sp³-hybridized carbons (Fsp3) is 0.208. The van der Waals surface area contributed by atoms with Crippen LogP contribution in [0, 0.1) is 5.41 Å². The molecule has 1 N–H and O–H groups in total. The highest BCUT2D eigenvalue weighted by atomic mass is 16.5. The number of hydrogen-bond donors (Lipinski definition) is 1. The van der Waals surface area contributed by atoms with Crippen molar-refractivity contribution in [3.63, 3.8) is 0 Å². The third kappa shape index (κ3) is 4.52. The monoisotopic (exact) mass is 376 g/mol. The van der Waals surface area contributed by atoms with Crippen molar-refractivity contribution in [3.05, 3.63) is 83.5 Å². The van der Waals surface area contributed by atoms with Crippen molar-refractivity contribution in [2.24, 2.45) is 5.41 Å². The van der Waals surface area contributed by atoms with Crippen LogP contribution in [0.1, 0.15) is 25.0 Å². The molecule has 1 aliphatic rings. The summed E-state index contributed by atoms with van der Waals surface area (Å²) >= 11 is 0. The lowest BCUT2D eigenvalue weighted by molar-refractivity contribution is -0.131. The van der Waals surface area contributed by atoms with E-state index in [1.165, 1.54) is 6.08 Å². The fourth-order valence-electron chi connectivity index (χ4n) is 3.05. The van der Waals surface area contributed by atoms with E-state index in [0.29, 0.717) is 12.2 Å². The molecule has 4 heteroatoms. The second-order valence-corrected chi connectivity index (χ2v) is 7.31. The highest BCUT2D eigenvalue weighted by molar-refractivity contribution is 5.93. The Morgan fingerprint density at radius 1 is 1.18 bits per heavy atom. The molecule has 0 fully saturated rings. The third-order valence-electron chi connectivity index (χ3n) is 4.73. The van der Waals surface area contributed by atoms with Crippen LogP contribution >= 0.6 is 0 Å². The van der Waals surface area contributed by atoms with Gasteiger partial charge in [0.15, 0.2) is 0 Å². The van der Waals surface area contributed by atoms with Crippen molar-refractivity contribution < 1.29 is 19.4 Å². The molecular weight excluding hydrogens is 352 g/mol. The maximum atomic E-state index is 11.3. The minimum absolute atomic E-state index is 0.242. The Kier molecular flexibility index (Phi) is 5.69. The lowest BCUT2D eigenvalue weighted by Crippen LogP contribution is -2.21. The minimum atomic E-state index is -0.976. The molecule has 4 nitrogen and oxygen atoms in total. The van der Waals surface area contributed by atoms with Gasteiger partial charge in [-0.2, -0.15) is 0 Å². The zero-order valence-corrected chi connectivity index (χ0v) is 16.3. The summed E-state index contributed by atoms with van der Waals surface area (Å²) in [7, 11) is 1.64. The molecule has 0 unspecified atom stereocenters. The van der Waals surface area contributed by atoms with E-state index in [2.05, 4.69) is 19.9 Å². The number of hydrogen-bond acceptors (Lipinski definition) is 3. The molecule has 3 rings (SSSR count). The van der Waals surface area contributed by atoms with Crippen molar-refractivity contribution in [1.29, 1.82) is 0 Å². The van der Waals surface area contributed by atoms with Gasteiger partial charge in [0.05, 0.1) is 13.7 Å². The van der Waals surface area contributed by atoms with Gasteiger partial charge in [0, 0.05) is 17.1 Å². The molecule has 0 bridgehead atoms. The lowest BCUT2D eigenvalue weighted by atomic mass is 9.83. The molecule has 2 aromatic rings. The maximum Gasteiger partial charge on any atom is 0.328 e. The molecule has 0 aromatic heterocycles. The molecule has 0 amide bonds. The van der Waals surface area contributed by atoms with Crippen LogP contribution in [-0.4, -0.2) is 24.8 Å². The summed E-state index contributed by atoms with van der Waals surface area (Å²) in [6.07, 6.45) is 7.12. The number of benzene rings is 2. The topological polar surface area (TPSA) is 55.8 Å². The summed E-state index contributed by atoms with van der Waals surface area (Å²) in [5, 5.41) is 9.26. The molecule has 144 valence electrons. The predicted octanol–water partition coefficient (Wildman–Crippen LogP) is 5.22. The summed E-state index contributed by atoms with van der Waals surface area (Å²) in [5.74, 6) is 0.593. The molecule has 0 atom stereocenters. The lowest BCUT2D eigenvalue weighted by Gasteiger charge is -2.24. The molecule has 0 saturated heterocycles. The zero-order chi connectivity index (χ0) is 20.1. The zero-order valence-electron chi connectivity index (χ0n) is 16.3. The number of rotatable bonds is 5. The summed E-state index contributed by atoms with van der Waals surface area (Å²) in [4.78, 5) is 11.3. The van der Waals surface area contributed by atoms with Crippen molar-refractivity contribution in [2.75, 3.05) is 13.7 Å². The molecular formula is C24H24O4. The number of fused-ring (bicyclic) bond motifs is 1. The first kappa shape index (κ1) is 19.5. The van der Waals surface area contributed by atoms with Crippen LogP contribution in [0.2, 0.25) is 0 Å². The van der Waals surface area contributed by atoms with E-state index in [4.69, 9.17) is 9.47 Å². The van der Waals surface area contributed by atoms with Crippen LogP contribution in [0.3, 0.4) is 0 Å². The number of carbonyl (C=O) groups is 1. The Bertz CT molecular complexity index is 950. The molecule has 0 spiro atoms. The second kappa shape index (κ2) is 8.17. The number of allylic oxidation sites excluding steroid dienone is 3. The van der Waals surface area contributed by atoms with Gasteiger partial charge in [-0.1, -0.05) is 56.3 Å². The fourth-order valence-corrected chi connectivity index (χ4v) is 3.05. The van der Waals surface area contributed by atoms with Crippen LogP contribution < -0.4 is 9.47 Å². The minimum Gasteiger partial charge on any atom is -0.497 e. The number of methoxy groups -OCH3 is 1. The van der Waals surface area contributed by atoms with Crippen LogP contribution in [0.5, 0.6) is 11.5 Å². The second-order valence-electron chi connectivity index (χ2n) is 7.31. The van der Waals surface area contributed by atoms with Gasteiger partial charge in [0.1, 0.15) is 11.5 Å². The van der Waals surface area contributed by atoms with Gasteiger partial charge in [-0.25, -0.2) is 4.79 Å². The molecule has 2 aromatic carbocycles. The maximum absolute atomic E-state index is 11.3. The van der Waals surface area contributed by atoms with Crippen molar-refractivity contribution in [1.82, 2.24) is 0 Å². The molecule has 0 saturated carbocycles. The summed E-state index contributed by atoms with van der Waals surface area (Å²) < 4.78 is 11.3. The first-order valence-electron chi connectivity index (χ1n) is 9.10. The van der Waals surface area contributed by atoms with E-state index in [1.807, 2.05) is 60.7 Å². The highest BCUT2D eigenvalue weighted by Gasteiger charge is 2.26. The summed E-state index contributed by atoms with van der Waals surface area (Å²) in [6.45, 7) is 4.73. The Morgan fingerprint density at radius 2 is 1.93 bits per heavy atom. The van der Waals surface area contributed by atoms with Crippen LogP contribution in [-0.2, 0) is 4.79 Å². The van der Waals surface area contributed by atoms with Gasteiger partial charge < -0.3 is 14.6 Å². The average Bonchev–Trinajstić information content (AvgIpc) is 2.81. The number of carboxylic acid groups (broad SMARTS) is 1. The molecule has 1 aliphatic heterocycles. The van der Waals surface area contributed by atoms with E-state index >= 15 is 0 Å². The van der Waals surface area contributed by atoms with E-state index in [9.17, 15) is 9.90 Å². The quantitative estimate of drug-likeness (QED) is 0.574. The van der Waals surface area contributed by atoms with E-state index in [0.717, 1.165) is 28.2 Å². The molecule has 28 heavy (non-hydrogen) atoms. The van der Waals surface area contributed by atoms with Gasteiger partial charge >= 0.3 is 5.97 Å². The van der Waals surface area contributed by atoms with Crippen molar-refractivity contribution >= 4 is 17.6 Å². The average molecular weight is 376 g/mol. The molecule has 0 radical (unpaired) electrons. The van der Waals surface area contributed by atoms with Crippen LogP contribution in [0.4, 0.5) is 0 Å². The van der Waals surface area contributed by atoms with E-state index in [-0.39, 0.29) is 5.41 Å². The van der Waals surface area contributed by atoms with Crippen molar-refractivity contribution in [2.45, 2.75) is 13.8 Å². The largest absolute Gasteiger partial charge is 0.497 e. The molecule has 0 aliphatic carbocycles. The van der Waals surface area contributed by atoms with Gasteiger partial charge in [-0.15, -0.1) is 0 Å². The highest BCUT2D eigenvalue weighted by Crippen LogP contribution is 2.38. The van der Waals surface area contributed by atoms with E-state index in [1.54, 1.807) is 7.11 Å². The van der Waals surface area contributed by atoms with E-state index < -0.39 is 5.97 Å². The van der Waals surface area contributed by atoms with Gasteiger partial charge in [0.25, 0.3) is 0 Å². The normalized spacial score (nSPS) is 16.0. The molecule has 1 heterocycles. The Morgan fingerprint density at radius 3 is 2.61 bits per heavy atom. The van der Waals surface area contributed by atoms with Crippen molar-refractivity contribution in [3.8, 4) is 11.5 Å². The van der Waals surface area contributed by atoms with Crippen LogP contribution in [0.25, 0.3) is 11.6 Å². The van der Waals surface area contributed by atoms with Gasteiger partial charge in [0.2, 0.25) is 0 Å². The smallest absolute Gasteiger partial charge is 0.328 e. The Labute approximate surface area is 165 Å². The van der Waals surface area contributed by atoms with Gasteiger partial charge in [-0.05, 0) is 41.0 Å². The first-order chi connectivity index (χ1) is 13.4. The number of aliphatic carboxylic acids is 1. The summed E-state index contributed by atoms with van der Waals surface area (Å²) in [5.41, 5.74) is 3.24. The summed E-state index contributed by atoms with van der Waals surface area (Å²) in [6, 6.07) is 15.2. The number of ether oxygens (including phenoxy) is 2. The third-order valence-corrected chi connectivity index (χ3v) is 4.73. The SMILES string of the molecule is COc1ccc2c(c1)C=C(/C=C/C(=C/C(=O)O)c1ccccc1)C(C)(C)CO2. The van der Waals surface area contributed by atoms with Crippen LogP contribution in [0.15, 0.2) is 72.3 Å². The Hall–Kier alpha value is -3.27. The van der Waals surface area contributed by atoms with Gasteiger partial charge in [-0.3, -0.25) is 0 Å². The standard InChI is InChI=1S/C24H24O4/c1-24(2)16-28-22-12-11-21(27-3)14-19(22)13-20(24)10-9-18(15-23(25)26)17-7-5-4-6-8-17/h4-15H,16H2,1-3H3,(H,25,26)/b10-9+,18-15-. The predicted molar refractivity (Wildman–Crippen MR) is 111 cm³/mol.